The number of aliphatic carboxylic acids is 2. The number of hydrazine groups is 1. The second-order valence-electron chi connectivity index (χ2n) is 5.65. The van der Waals surface area contributed by atoms with Crippen LogP contribution >= 0.6 is 0 Å². The van der Waals surface area contributed by atoms with E-state index >= 15 is 0 Å². The molecule has 0 bridgehead atoms. The summed E-state index contributed by atoms with van der Waals surface area (Å²) in [5.41, 5.74) is 17.7. The van der Waals surface area contributed by atoms with Crippen LogP contribution in [0.15, 0.2) is 4.99 Å². The van der Waals surface area contributed by atoms with E-state index in [-0.39, 0.29) is 38.3 Å². The molecule has 0 rings (SSSR count). The fourth-order valence-corrected chi connectivity index (χ4v) is 2.19. The van der Waals surface area contributed by atoms with E-state index in [0.29, 0.717) is 6.42 Å². The SMILES string of the molecule is CC(=O)N(N[C@@H](CCCN=C(N)N)C(=O)O)[C@@H](CCCNC(N)=O)C(=O)O. The molecule has 10 N–H and O–H groups in total. The van der Waals surface area contributed by atoms with Crippen LogP contribution in [0.4, 0.5) is 4.79 Å². The Hall–Kier alpha value is -3.09. The van der Waals surface area contributed by atoms with Gasteiger partial charge in [0.25, 0.3) is 0 Å². The summed E-state index contributed by atoms with van der Waals surface area (Å²) in [6.45, 7) is 1.42. The van der Waals surface area contributed by atoms with E-state index in [1.54, 1.807) is 0 Å². The van der Waals surface area contributed by atoms with Gasteiger partial charge in [-0.25, -0.2) is 15.0 Å². The van der Waals surface area contributed by atoms with Crippen molar-refractivity contribution in [2.45, 2.75) is 44.7 Å². The quantitative estimate of drug-likeness (QED) is 0.0779. The maximum Gasteiger partial charge on any atom is 0.328 e. The number of amides is 3. The Labute approximate surface area is 155 Å². The zero-order valence-corrected chi connectivity index (χ0v) is 15.1. The number of hydrogen-bond acceptors (Lipinski definition) is 6. The first-order valence-corrected chi connectivity index (χ1v) is 8.16. The van der Waals surface area contributed by atoms with Crippen molar-refractivity contribution in [3.63, 3.8) is 0 Å². The molecule has 0 aliphatic rings. The van der Waals surface area contributed by atoms with Gasteiger partial charge < -0.3 is 32.7 Å². The Morgan fingerprint density at radius 2 is 1.67 bits per heavy atom. The molecule has 13 nitrogen and oxygen atoms in total. The summed E-state index contributed by atoms with van der Waals surface area (Å²) >= 11 is 0. The summed E-state index contributed by atoms with van der Waals surface area (Å²) in [6, 6.07) is -3.29. The minimum atomic E-state index is -1.32. The molecule has 2 atom stereocenters. The monoisotopic (exact) mass is 389 g/mol. The minimum absolute atomic E-state index is 0.0253. The van der Waals surface area contributed by atoms with Crippen molar-refractivity contribution < 1.29 is 29.4 Å². The number of carboxylic acid groups (broad SMARTS) is 2. The van der Waals surface area contributed by atoms with Gasteiger partial charge in [0.1, 0.15) is 12.1 Å². The molecule has 13 heteroatoms. The summed E-state index contributed by atoms with van der Waals surface area (Å²) in [7, 11) is 0. The molecule has 0 aliphatic carbocycles. The van der Waals surface area contributed by atoms with Gasteiger partial charge in [-0.1, -0.05) is 0 Å². The lowest BCUT2D eigenvalue weighted by Crippen LogP contribution is -2.57. The first kappa shape index (κ1) is 23.9. The van der Waals surface area contributed by atoms with Crippen LogP contribution in [-0.4, -0.2) is 70.2 Å². The molecule has 0 saturated carbocycles. The molecule has 0 aromatic rings. The van der Waals surface area contributed by atoms with Crippen molar-refractivity contribution in [1.29, 1.82) is 0 Å². The van der Waals surface area contributed by atoms with Gasteiger partial charge in [-0.2, -0.15) is 0 Å². The van der Waals surface area contributed by atoms with Gasteiger partial charge in [-0.3, -0.25) is 19.6 Å². The zero-order valence-electron chi connectivity index (χ0n) is 15.1. The van der Waals surface area contributed by atoms with E-state index in [0.717, 1.165) is 11.9 Å². The summed E-state index contributed by atoms with van der Waals surface area (Å²) in [5.74, 6) is -3.37. The van der Waals surface area contributed by atoms with Crippen LogP contribution in [0, 0.1) is 0 Å². The van der Waals surface area contributed by atoms with Gasteiger partial charge in [0.05, 0.1) is 0 Å². The van der Waals surface area contributed by atoms with Gasteiger partial charge >= 0.3 is 18.0 Å². The molecule has 0 saturated heterocycles. The molecule has 0 radical (unpaired) electrons. The fraction of sp³-hybridized carbons (Fsp3) is 0.643. The third-order valence-electron chi connectivity index (χ3n) is 3.43. The van der Waals surface area contributed by atoms with Gasteiger partial charge in [-0.15, -0.1) is 0 Å². The molecule has 0 aliphatic heterocycles. The summed E-state index contributed by atoms with van der Waals surface area (Å²) in [6.07, 6.45) is 0.551. The van der Waals surface area contributed by atoms with Gasteiger partial charge in [-0.05, 0) is 25.7 Å². The van der Waals surface area contributed by atoms with E-state index in [4.69, 9.17) is 17.2 Å². The number of primary amides is 1. The third-order valence-corrected chi connectivity index (χ3v) is 3.43. The average molecular weight is 389 g/mol. The second-order valence-corrected chi connectivity index (χ2v) is 5.65. The number of aliphatic imine (C=N–C) groups is 1. The number of urea groups is 1. The molecule has 0 heterocycles. The van der Waals surface area contributed by atoms with Crippen LogP contribution in [0.2, 0.25) is 0 Å². The van der Waals surface area contributed by atoms with Crippen molar-refractivity contribution in [2.24, 2.45) is 22.2 Å². The zero-order chi connectivity index (χ0) is 21.0. The van der Waals surface area contributed by atoms with Crippen LogP contribution in [0.3, 0.4) is 0 Å². The number of hydrogen-bond donors (Lipinski definition) is 7. The van der Waals surface area contributed by atoms with Crippen molar-refractivity contribution in [2.75, 3.05) is 13.1 Å². The molecule has 27 heavy (non-hydrogen) atoms. The lowest BCUT2D eigenvalue weighted by Gasteiger charge is -2.31. The topological polar surface area (TPSA) is 226 Å². The number of carbonyl (C=O) groups excluding carboxylic acids is 2. The predicted octanol–water partition coefficient (Wildman–Crippen LogP) is -2.25. The van der Waals surface area contributed by atoms with Crippen LogP contribution in [0.1, 0.15) is 32.6 Å². The molecule has 0 aromatic heterocycles. The Balaban J connectivity index is 5.00. The largest absolute Gasteiger partial charge is 0.480 e. The van der Waals surface area contributed by atoms with E-state index in [1.165, 1.54) is 0 Å². The Morgan fingerprint density at radius 3 is 2.11 bits per heavy atom. The Morgan fingerprint density at radius 1 is 1.04 bits per heavy atom. The van der Waals surface area contributed by atoms with Gasteiger partial charge in [0.2, 0.25) is 5.91 Å². The van der Waals surface area contributed by atoms with E-state index in [1.807, 2.05) is 0 Å². The molecule has 0 unspecified atom stereocenters. The Bertz CT molecular complexity index is 564. The van der Waals surface area contributed by atoms with Crippen LogP contribution in [-0.2, 0) is 14.4 Å². The molecular formula is C14H27N7O6. The first-order chi connectivity index (χ1) is 12.6. The second kappa shape index (κ2) is 12.3. The normalized spacial score (nSPS) is 12.5. The maximum absolute atomic E-state index is 11.9. The molecule has 0 fully saturated rings. The summed E-state index contributed by atoms with van der Waals surface area (Å²) in [5, 5.41) is 21.8. The molecule has 3 amide bonds. The first-order valence-electron chi connectivity index (χ1n) is 8.16. The van der Waals surface area contributed by atoms with E-state index in [9.17, 15) is 29.4 Å². The van der Waals surface area contributed by atoms with Gasteiger partial charge in [0, 0.05) is 20.0 Å². The predicted molar refractivity (Wildman–Crippen MR) is 95.2 cm³/mol. The molecular weight excluding hydrogens is 362 g/mol. The fourth-order valence-electron chi connectivity index (χ4n) is 2.19. The number of carboxylic acids is 2. The number of rotatable bonds is 13. The number of nitrogens with one attached hydrogen (secondary N) is 2. The van der Waals surface area contributed by atoms with Crippen LogP contribution < -0.4 is 27.9 Å². The van der Waals surface area contributed by atoms with Crippen molar-refractivity contribution in [3.05, 3.63) is 0 Å². The molecule has 0 spiro atoms. The maximum atomic E-state index is 11.9. The average Bonchev–Trinajstić information content (AvgIpc) is 2.53. The number of nitrogens with two attached hydrogens (primary N) is 3. The van der Waals surface area contributed by atoms with Crippen molar-refractivity contribution in [3.8, 4) is 0 Å². The number of carbonyl (C=O) groups is 4. The Kier molecular flexibility index (Phi) is 10.9. The van der Waals surface area contributed by atoms with E-state index < -0.39 is 36.0 Å². The summed E-state index contributed by atoms with van der Waals surface area (Å²) < 4.78 is 0. The lowest BCUT2D eigenvalue weighted by molar-refractivity contribution is -0.156. The third kappa shape index (κ3) is 10.5. The van der Waals surface area contributed by atoms with Crippen molar-refractivity contribution >= 4 is 29.8 Å². The number of nitrogens with zero attached hydrogens (tertiary/aromatic N) is 2. The molecule has 154 valence electrons. The molecule has 0 aromatic carbocycles. The van der Waals surface area contributed by atoms with Crippen LogP contribution in [0.25, 0.3) is 0 Å². The summed E-state index contributed by atoms with van der Waals surface area (Å²) in [4.78, 5) is 49.2. The highest BCUT2D eigenvalue weighted by atomic mass is 16.4. The highest BCUT2D eigenvalue weighted by Gasteiger charge is 2.31. The van der Waals surface area contributed by atoms with E-state index in [2.05, 4.69) is 15.7 Å². The smallest absolute Gasteiger partial charge is 0.328 e. The highest BCUT2D eigenvalue weighted by molar-refractivity contribution is 5.82. The highest BCUT2D eigenvalue weighted by Crippen LogP contribution is 2.09. The standard InChI is InChI=1S/C14H27N7O6/c1-8(22)21(10(12(25)26)5-3-7-19-14(17)27)20-9(11(23)24)4-2-6-18-13(15)16/h9-10,20H,2-7H2,1H3,(H,23,24)(H,25,26)(H4,15,16,18)(H3,17,19,27)/t9-,10-/m0/s1. The minimum Gasteiger partial charge on any atom is -0.480 e. The number of guanidine groups is 1. The van der Waals surface area contributed by atoms with Crippen molar-refractivity contribution in [1.82, 2.24) is 15.8 Å². The van der Waals surface area contributed by atoms with Gasteiger partial charge in [0.15, 0.2) is 5.96 Å². The lowest BCUT2D eigenvalue weighted by atomic mass is 10.1. The van der Waals surface area contributed by atoms with Crippen LogP contribution in [0.5, 0.6) is 0 Å².